The molecule has 0 spiro atoms. The molecule has 0 aliphatic carbocycles. The first-order chi connectivity index (χ1) is 14.1. The Hall–Kier alpha value is -2.69. The number of fused-ring (bicyclic) bond motifs is 1. The number of morpholine rings is 1. The Morgan fingerprint density at radius 2 is 2.14 bits per heavy atom. The van der Waals surface area contributed by atoms with Gasteiger partial charge in [-0.2, -0.15) is 5.26 Å². The number of anilines is 1. The molecule has 0 bridgehead atoms. The normalized spacial score (nSPS) is 22.4. The standard InChI is InChI=1S/C22H27N5O2/c1-3-24-10-16-12-27(13-16)22(28)20-14-26(11-15(2)29-20)19-7-6-17(9-23)21-18(19)5-4-8-25-21/h4-8,15-16,20,24H,3,10-14H2,1-2H3/t15-,20?/m1/s1. The number of aromatic nitrogens is 1. The van der Waals surface area contributed by atoms with Crippen LogP contribution in [0.4, 0.5) is 5.69 Å². The number of amides is 1. The van der Waals surface area contributed by atoms with E-state index in [0.717, 1.165) is 37.3 Å². The Balaban J connectivity index is 1.51. The summed E-state index contributed by atoms with van der Waals surface area (Å²) < 4.78 is 6.01. The first-order valence-electron chi connectivity index (χ1n) is 10.3. The second kappa shape index (κ2) is 8.36. The molecule has 3 heterocycles. The first-order valence-corrected chi connectivity index (χ1v) is 10.3. The highest BCUT2D eigenvalue weighted by atomic mass is 16.5. The molecule has 0 radical (unpaired) electrons. The number of rotatable bonds is 5. The van der Waals surface area contributed by atoms with E-state index in [4.69, 9.17) is 4.74 Å². The van der Waals surface area contributed by atoms with Gasteiger partial charge in [0.05, 0.1) is 23.7 Å². The van der Waals surface area contributed by atoms with E-state index in [9.17, 15) is 10.1 Å². The number of hydrogen-bond acceptors (Lipinski definition) is 6. The number of carbonyl (C=O) groups excluding carboxylic acids is 1. The van der Waals surface area contributed by atoms with Crippen molar-refractivity contribution in [1.29, 1.82) is 5.26 Å². The van der Waals surface area contributed by atoms with E-state index in [1.807, 2.05) is 36.1 Å². The van der Waals surface area contributed by atoms with Gasteiger partial charge in [0.15, 0.2) is 6.10 Å². The molecule has 29 heavy (non-hydrogen) atoms. The lowest BCUT2D eigenvalue weighted by Crippen LogP contribution is -2.60. The van der Waals surface area contributed by atoms with Crippen LogP contribution in [0, 0.1) is 17.2 Å². The Morgan fingerprint density at radius 1 is 1.31 bits per heavy atom. The molecule has 2 saturated heterocycles. The van der Waals surface area contributed by atoms with Crippen LogP contribution in [0.2, 0.25) is 0 Å². The van der Waals surface area contributed by atoms with Crippen molar-refractivity contribution < 1.29 is 9.53 Å². The van der Waals surface area contributed by atoms with Crippen LogP contribution >= 0.6 is 0 Å². The van der Waals surface area contributed by atoms with Gasteiger partial charge in [-0.1, -0.05) is 6.92 Å². The lowest BCUT2D eigenvalue weighted by molar-refractivity contribution is -0.154. The van der Waals surface area contributed by atoms with Crippen LogP contribution in [0.15, 0.2) is 30.5 Å². The van der Waals surface area contributed by atoms with Gasteiger partial charge in [-0.3, -0.25) is 9.78 Å². The third-order valence-electron chi connectivity index (χ3n) is 5.70. The molecule has 152 valence electrons. The molecule has 7 nitrogen and oxygen atoms in total. The zero-order valence-electron chi connectivity index (χ0n) is 17.0. The number of nitrogens with zero attached hydrogens (tertiary/aromatic N) is 4. The van der Waals surface area contributed by atoms with Gasteiger partial charge >= 0.3 is 0 Å². The fraction of sp³-hybridized carbons (Fsp3) is 0.500. The topological polar surface area (TPSA) is 81.5 Å². The quantitative estimate of drug-likeness (QED) is 0.834. The van der Waals surface area contributed by atoms with Crippen molar-refractivity contribution in [3.8, 4) is 6.07 Å². The fourth-order valence-electron chi connectivity index (χ4n) is 4.24. The minimum Gasteiger partial charge on any atom is -0.365 e. The fourth-order valence-corrected chi connectivity index (χ4v) is 4.24. The molecule has 1 amide bonds. The molecule has 7 heteroatoms. The summed E-state index contributed by atoms with van der Waals surface area (Å²) in [6.45, 7) is 8.80. The summed E-state index contributed by atoms with van der Waals surface area (Å²) in [5.41, 5.74) is 2.25. The number of likely N-dealkylation sites (tertiary alicyclic amines) is 1. The second-order valence-electron chi connectivity index (χ2n) is 7.90. The third-order valence-corrected chi connectivity index (χ3v) is 5.70. The Kier molecular flexibility index (Phi) is 5.65. The number of nitrogens with one attached hydrogen (secondary N) is 1. The minimum atomic E-state index is -0.471. The molecule has 2 aromatic rings. The molecular weight excluding hydrogens is 366 g/mol. The number of pyridine rings is 1. The number of ether oxygens (including phenoxy) is 1. The maximum atomic E-state index is 13.0. The van der Waals surface area contributed by atoms with Gasteiger partial charge in [0.2, 0.25) is 0 Å². The smallest absolute Gasteiger partial charge is 0.253 e. The minimum absolute atomic E-state index is 0.0566. The van der Waals surface area contributed by atoms with Crippen molar-refractivity contribution in [1.82, 2.24) is 15.2 Å². The van der Waals surface area contributed by atoms with Crippen molar-refractivity contribution in [3.63, 3.8) is 0 Å². The van der Waals surface area contributed by atoms with E-state index in [0.29, 0.717) is 30.1 Å². The zero-order valence-corrected chi connectivity index (χ0v) is 17.0. The summed E-state index contributed by atoms with van der Waals surface area (Å²) in [5, 5.41) is 13.7. The van der Waals surface area contributed by atoms with Crippen LogP contribution in [0.3, 0.4) is 0 Å². The van der Waals surface area contributed by atoms with Crippen LogP contribution in [-0.4, -0.2) is 67.3 Å². The molecule has 1 unspecified atom stereocenters. The summed E-state index contributed by atoms with van der Waals surface area (Å²) in [7, 11) is 0. The number of nitriles is 1. The summed E-state index contributed by atoms with van der Waals surface area (Å²) >= 11 is 0. The molecule has 2 fully saturated rings. The van der Waals surface area contributed by atoms with Crippen molar-refractivity contribution >= 4 is 22.5 Å². The van der Waals surface area contributed by atoms with E-state index in [1.165, 1.54) is 0 Å². The summed E-state index contributed by atoms with van der Waals surface area (Å²) in [5.74, 6) is 0.606. The molecule has 2 aliphatic rings. The van der Waals surface area contributed by atoms with Crippen LogP contribution in [0.25, 0.3) is 10.9 Å². The van der Waals surface area contributed by atoms with Gasteiger partial charge in [-0.05, 0) is 37.7 Å². The molecule has 0 saturated carbocycles. The Morgan fingerprint density at radius 3 is 2.90 bits per heavy atom. The van der Waals surface area contributed by atoms with Crippen LogP contribution in [0.5, 0.6) is 0 Å². The SMILES string of the molecule is CCNCC1CN(C(=O)C2CN(c3ccc(C#N)c4ncccc34)C[C@@H](C)O2)C1. The van der Waals surface area contributed by atoms with E-state index in [2.05, 4.69) is 28.2 Å². The lowest BCUT2D eigenvalue weighted by atomic mass is 9.98. The predicted octanol–water partition coefficient (Wildman–Crippen LogP) is 1.77. The monoisotopic (exact) mass is 393 g/mol. The average Bonchev–Trinajstić information content (AvgIpc) is 2.71. The van der Waals surface area contributed by atoms with Crippen molar-refractivity contribution in [2.45, 2.75) is 26.1 Å². The molecule has 1 aromatic carbocycles. The lowest BCUT2D eigenvalue weighted by Gasteiger charge is -2.44. The molecule has 2 aliphatic heterocycles. The third kappa shape index (κ3) is 3.91. The highest BCUT2D eigenvalue weighted by molar-refractivity contribution is 5.95. The van der Waals surface area contributed by atoms with E-state index in [1.54, 1.807) is 6.20 Å². The number of hydrogen-bond donors (Lipinski definition) is 1. The first kappa shape index (κ1) is 19.6. The molecule has 2 atom stereocenters. The highest BCUT2D eigenvalue weighted by Gasteiger charge is 2.38. The van der Waals surface area contributed by atoms with Gasteiger partial charge in [-0.25, -0.2) is 0 Å². The van der Waals surface area contributed by atoms with Gasteiger partial charge in [0.1, 0.15) is 6.07 Å². The summed E-state index contributed by atoms with van der Waals surface area (Å²) in [6.07, 6.45) is 1.18. The maximum Gasteiger partial charge on any atom is 0.253 e. The molecule has 1 aromatic heterocycles. The highest BCUT2D eigenvalue weighted by Crippen LogP contribution is 2.31. The van der Waals surface area contributed by atoms with Crippen LogP contribution in [-0.2, 0) is 9.53 Å². The van der Waals surface area contributed by atoms with Crippen molar-refractivity contribution in [2.75, 3.05) is 44.2 Å². The molecule has 4 rings (SSSR count). The summed E-state index contributed by atoms with van der Waals surface area (Å²) in [6, 6.07) is 9.84. The predicted molar refractivity (Wildman–Crippen MR) is 112 cm³/mol. The Labute approximate surface area is 171 Å². The van der Waals surface area contributed by atoms with Crippen molar-refractivity contribution in [3.05, 3.63) is 36.0 Å². The van der Waals surface area contributed by atoms with Crippen molar-refractivity contribution in [2.24, 2.45) is 5.92 Å². The zero-order chi connectivity index (χ0) is 20.4. The van der Waals surface area contributed by atoms with Gasteiger partial charge in [-0.15, -0.1) is 0 Å². The van der Waals surface area contributed by atoms with Crippen LogP contribution < -0.4 is 10.2 Å². The maximum absolute atomic E-state index is 13.0. The van der Waals surface area contributed by atoms with E-state index in [-0.39, 0.29) is 12.0 Å². The average molecular weight is 393 g/mol. The van der Waals surface area contributed by atoms with Gasteiger partial charge < -0.3 is 19.9 Å². The van der Waals surface area contributed by atoms with E-state index >= 15 is 0 Å². The summed E-state index contributed by atoms with van der Waals surface area (Å²) in [4.78, 5) is 21.5. The van der Waals surface area contributed by atoms with E-state index < -0.39 is 6.10 Å². The second-order valence-corrected chi connectivity index (χ2v) is 7.90. The number of benzene rings is 1. The Bertz CT molecular complexity index is 934. The number of carbonyl (C=O) groups is 1. The molecular formula is C22H27N5O2. The van der Waals surface area contributed by atoms with Crippen LogP contribution in [0.1, 0.15) is 19.4 Å². The van der Waals surface area contributed by atoms with Gasteiger partial charge in [0, 0.05) is 49.4 Å². The molecule has 1 N–H and O–H groups in total. The van der Waals surface area contributed by atoms with Gasteiger partial charge in [0.25, 0.3) is 5.91 Å². The largest absolute Gasteiger partial charge is 0.365 e.